The summed E-state index contributed by atoms with van der Waals surface area (Å²) in [6.45, 7) is 0. The molecule has 139 valence electrons. The van der Waals surface area contributed by atoms with Crippen molar-refractivity contribution in [3.63, 3.8) is 0 Å². The minimum atomic E-state index is -0.0813. The zero-order chi connectivity index (χ0) is 17.9. The van der Waals surface area contributed by atoms with E-state index in [4.69, 9.17) is 0 Å². The van der Waals surface area contributed by atoms with Crippen LogP contribution >= 0.6 is 35.3 Å². The quantitative estimate of drug-likeness (QED) is 0.438. The first kappa shape index (κ1) is 27.1. The molecule has 0 spiro atoms. The molecule has 10 heteroatoms. The molecule has 0 N–H and O–H groups in total. The number of carbonyl (C=O) groups excluding carboxylic acids is 3. The van der Waals surface area contributed by atoms with E-state index in [0.717, 1.165) is 0 Å². The van der Waals surface area contributed by atoms with Gasteiger partial charge in [-0.3, -0.25) is 0 Å². The molecule has 0 aliphatic carbocycles. The van der Waals surface area contributed by atoms with Crippen LogP contribution < -0.4 is 0 Å². The molecule has 0 aromatic rings. The molecule has 3 saturated heterocycles. The van der Waals surface area contributed by atoms with Crippen LogP contribution in [0.3, 0.4) is 0 Å². The second-order valence-corrected chi connectivity index (χ2v) is 11.2. The van der Waals surface area contributed by atoms with Crippen LogP contribution in [0, 0.1) is 40.8 Å². The smallest absolute Gasteiger partial charge is 0.742 e. The number of carbonyl (C=O) groups is 3. The molecule has 3 aliphatic rings. The van der Waals surface area contributed by atoms with Crippen molar-refractivity contribution in [2.24, 2.45) is 0 Å². The SMILES string of the molecule is O=C([S-])CC1CCS1.O=C([S-])CC1CCS1.O=C([S-])CC1CCS1.[Nd+3]. The predicted molar refractivity (Wildman–Crippen MR) is 114 cm³/mol. The molecule has 3 heterocycles. The Bertz CT molecular complexity index is 364. The molecule has 3 fully saturated rings. The number of hydrogen-bond donors (Lipinski definition) is 0. The fourth-order valence-electron chi connectivity index (χ4n) is 1.89. The first-order valence-electron chi connectivity index (χ1n) is 7.81. The van der Waals surface area contributed by atoms with E-state index in [9.17, 15) is 14.4 Å². The van der Waals surface area contributed by atoms with Crippen LogP contribution in [-0.4, -0.2) is 48.4 Å². The van der Waals surface area contributed by atoms with Crippen molar-refractivity contribution in [3.8, 4) is 0 Å². The van der Waals surface area contributed by atoms with Gasteiger partial charge in [-0.2, -0.15) is 35.3 Å². The monoisotopic (exact) mass is 583 g/mol. The standard InChI is InChI=1S/3C5H8OS2.Nd/c3*6-5(7)3-4-1-2-8-4;/h3*4H,1-3H2,(H,6,7);/q;;;+3/p-3. The number of thioether (sulfide) groups is 3. The Morgan fingerprint density at radius 2 is 0.840 bits per heavy atom. The van der Waals surface area contributed by atoms with Gasteiger partial charge < -0.3 is 52.3 Å². The molecule has 3 unspecified atom stereocenters. The van der Waals surface area contributed by atoms with Gasteiger partial charge in [0.05, 0.1) is 0 Å². The van der Waals surface area contributed by atoms with E-state index in [1.54, 1.807) is 0 Å². The number of hydrogen-bond acceptors (Lipinski definition) is 9. The van der Waals surface area contributed by atoms with Gasteiger partial charge in [0.2, 0.25) is 0 Å². The molecule has 25 heavy (non-hydrogen) atoms. The summed E-state index contributed by atoms with van der Waals surface area (Å²) in [5.74, 6) is 3.65. The summed E-state index contributed by atoms with van der Waals surface area (Å²) in [5.41, 5.74) is 0. The van der Waals surface area contributed by atoms with Gasteiger partial charge in [-0.25, -0.2) is 0 Å². The van der Waals surface area contributed by atoms with E-state index in [1.165, 1.54) is 36.5 Å². The largest absolute Gasteiger partial charge is 3.00 e. The van der Waals surface area contributed by atoms with Crippen molar-refractivity contribution >= 4 is 88.5 Å². The van der Waals surface area contributed by atoms with Crippen LogP contribution in [0.4, 0.5) is 0 Å². The van der Waals surface area contributed by atoms with Gasteiger partial charge in [-0.05, 0) is 55.8 Å². The zero-order valence-corrected chi connectivity index (χ0v) is 21.9. The van der Waals surface area contributed by atoms with Gasteiger partial charge in [-0.1, -0.05) is 0 Å². The minimum absolute atomic E-state index is 0. The third-order valence-electron chi connectivity index (χ3n) is 3.56. The van der Waals surface area contributed by atoms with Crippen molar-refractivity contribution in [2.75, 3.05) is 17.3 Å². The molecular formula is C15H21NdO3S6. The maximum Gasteiger partial charge on any atom is 3.00 e. The molecule has 3 nitrogen and oxygen atoms in total. The van der Waals surface area contributed by atoms with Gasteiger partial charge in [0.25, 0.3) is 0 Å². The molecule has 0 aromatic heterocycles. The van der Waals surface area contributed by atoms with Crippen molar-refractivity contribution < 1.29 is 55.2 Å². The fourth-order valence-corrected chi connectivity index (χ4v) is 5.33. The van der Waals surface area contributed by atoms with E-state index >= 15 is 0 Å². The van der Waals surface area contributed by atoms with Gasteiger partial charge in [0.15, 0.2) is 0 Å². The van der Waals surface area contributed by atoms with Crippen molar-refractivity contribution in [2.45, 2.75) is 54.3 Å². The normalized spacial score (nSPS) is 25.7. The second kappa shape index (κ2) is 15.9. The first-order chi connectivity index (χ1) is 11.4. The summed E-state index contributed by atoms with van der Waals surface area (Å²) in [5, 5.41) is 1.46. The first-order valence-corrected chi connectivity index (χ1v) is 12.2. The molecule has 0 bridgehead atoms. The Morgan fingerprint density at radius 3 is 0.880 bits per heavy atom. The summed E-state index contributed by atoms with van der Waals surface area (Å²) in [7, 11) is 0. The molecule has 0 aromatic carbocycles. The molecule has 3 aliphatic heterocycles. The Morgan fingerprint density at radius 1 is 0.640 bits per heavy atom. The average Bonchev–Trinajstić information content (AvgIpc) is 2.35. The van der Waals surface area contributed by atoms with E-state index in [2.05, 4.69) is 37.9 Å². The summed E-state index contributed by atoms with van der Waals surface area (Å²) >= 11 is 18.7. The second-order valence-electron chi connectivity index (χ2n) is 5.57. The minimum Gasteiger partial charge on any atom is -0.742 e. The summed E-state index contributed by atoms with van der Waals surface area (Å²) in [6.07, 6.45) is 5.40. The van der Waals surface area contributed by atoms with Crippen molar-refractivity contribution in [3.05, 3.63) is 0 Å². The Balaban J connectivity index is 0.000000339. The van der Waals surface area contributed by atoms with Gasteiger partial charge in [0.1, 0.15) is 0 Å². The van der Waals surface area contributed by atoms with Crippen molar-refractivity contribution in [1.29, 1.82) is 0 Å². The topological polar surface area (TPSA) is 51.2 Å². The third-order valence-corrected chi connectivity index (χ3v) is 8.10. The van der Waals surface area contributed by atoms with Crippen LogP contribution in [0.25, 0.3) is 0 Å². The predicted octanol–water partition coefficient (Wildman–Crippen LogP) is 2.87. The van der Waals surface area contributed by atoms with Gasteiger partial charge >= 0.3 is 40.8 Å². The van der Waals surface area contributed by atoms with Crippen molar-refractivity contribution in [1.82, 2.24) is 0 Å². The maximum atomic E-state index is 10.2. The van der Waals surface area contributed by atoms with E-state index < -0.39 is 0 Å². The Hall–Kier alpha value is 2.07. The van der Waals surface area contributed by atoms with Crippen LogP contribution in [0.1, 0.15) is 38.5 Å². The van der Waals surface area contributed by atoms with Crippen LogP contribution in [0.5, 0.6) is 0 Å². The van der Waals surface area contributed by atoms with E-state index in [1.807, 2.05) is 35.3 Å². The summed E-state index contributed by atoms with van der Waals surface area (Å²) in [6, 6.07) is 0. The van der Waals surface area contributed by atoms with Gasteiger partial charge in [-0.15, -0.1) is 0 Å². The maximum absolute atomic E-state index is 10.2. The molecule has 1 radical (unpaired) electrons. The molecule has 3 atom stereocenters. The zero-order valence-electron chi connectivity index (χ0n) is 13.8. The van der Waals surface area contributed by atoms with Gasteiger partial charge in [0, 0.05) is 31.1 Å². The molecule has 0 amide bonds. The third kappa shape index (κ3) is 14.7. The van der Waals surface area contributed by atoms with Crippen LogP contribution in [0.15, 0.2) is 0 Å². The molecule has 3 rings (SSSR count). The Labute approximate surface area is 212 Å². The fraction of sp³-hybridized carbons (Fsp3) is 0.800. The van der Waals surface area contributed by atoms with Crippen LogP contribution in [0.2, 0.25) is 0 Å². The number of rotatable bonds is 6. The van der Waals surface area contributed by atoms with E-state index in [0.29, 0.717) is 35.0 Å². The molecule has 0 saturated carbocycles. The summed E-state index contributed by atoms with van der Waals surface area (Å²) < 4.78 is 0. The molecular weight excluding hydrogens is 565 g/mol. The Kier molecular flexibility index (Phi) is 17.3. The van der Waals surface area contributed by atoms with E-state index in [-0.39, 0.29) is 56.2 Å². The average molecular weight is 586 g/mol. The van der Waals surface area contributed by atoms with Crippen LogP contribution in [-0.2, 0) is 52.3 Å². The summed E-state index contributed by atoms with van der Waals surface area (Å²) in [4.78, 5) is 30.7.